The third kappa shape index (κ3) is 4.12. The molecule has 0 unspecified atom stereocenters. The van der Waals surface area contributed by atoms with E-state index in [0.29, 0.717) is 18.1 Å². The molecule has 3 atom stereocenters. The van der Waals surface area contributed by atoms with E-state index < -0.39 is 0 Å². The lowest BCUT2D eigenvalue weighted by molar-refractivity contribution is -0.0390. The van der Waals surface area contributed by atoms with Crippen molar-refractivity contribution in [2.45, 2.75) is 51.8 Å². The third-order valence-electron chi connectivity index (χ3n) is 4.79. The van der Waals surface area contributed by atoms with E-state index in [-0.39, 0.29) is 11.9 Å². The maximum Gasteiger partial charge on any atom is 0.251 e. The molecule has 2 fully saturated rings. The smallest absolute Gasteiger partial charge is 0.251 e. The molecular weight excluding hydrogens is 288 g/mol. The number of morpholine rings is 1. The standard InChI is InChI=1S/C19H28N2O2/c1-13(2)8-15-4-6-16(7-5-15)19(22)20-17-9-18-12-23-14(3)10-21(18)11-17/h4-7,13-14,17-18H,8-12H2,1-3H3,(H,20,22)/t14-,17+,18+/m1/s1. The molecule has 4 nitrogen and oxygen atoms in total. The van der Waals surface area contributed by atoms with E-state index in [1.54, 1.807) is 0 Å². The van der Waals surface area contributed by atoms with Crippen LogP contribution in [0.2, 0.25) is 0 Å². The van der Waals surface area contributed by atoms with Crippen LogP contribution in [0.15, 0.2) is 24.3 Å². The van der Waals surface area contributed by atoms with Crippen molar-refractivity contribution in [2.75, 3.05) is 19.7 Å². The van der Waals surface area contributed by atoms with Crippen molar-refractivity contribution in [3.8, 4) is 0 Å². The Morgan fingerprint density at radius 2 is 2.04 bits per heavy atom. The highest BCUT2D eigenvalue weighted by molar-refractivity contribution is 5.94. The predicted octanol–water partition coefficient (Wildman–Crippen LogP) is 2.48. The zero-order valence-corrected chi connectivity index (χ0v) is 14.4. The second-order valence-corrected chi connectivity index (χ2v) is 7.45. The minimum atomic E-state index is 0.0416. The molecule has 1 aromatic rings. The van der Waals surface area contributed by atoms with E-state index >= 15 is 0 Å². The van der Waals surface area contributed by atoms with Gasteiger partial charge in [-0.1, -0.05) is 26.0 Å². The maximum atomic E-state index is 12.4. The first-order valence-electron chi connectivity index (χ1n) is 8.76. The van der Waals surface area contributed by atoms with Crippen molar-refractivity contribution in [1.82, 2.24) is 10.2 Å². The zero-order chi connectivity index (χ0) is 16.4. The van der Waals surface area contributed by atoms with E-state index in [9.17, 15) is 4.79 Å². The van der Waals surface area contributed by atoms with Crippen molar-refractivity contribution >= 4 is 5.91 Å². The Bertz CT molecular complexity index is 541. The Morgan fingerprint density at radius 1 is 1.30 bits per heavy atom. The van der Waals surface area contributed by atoms with Gasteiger partial charge in [0.05, 0.1) is 12.7 Å². The van der Waals surface area contributed by atoms with Crippen LogP contribution >= 0.6 is 0 Å². The van der Waals surface area contributed by atoms with Crippen molar-refractivity contribution < 1.29 is 9.53 Å². The summed E-state index contributed by atoms with van der Waals surface area (Å²) in [5.74, 6) is 0.676. The number of ether oxygens (including phenoxy) is 1. The Hall–Kier alpha value is -1.39. The average molecular weight is 316 g/mol. The SMILES string of the molecule is CC(C)Cc1ccc(C(=O)N[C@H]2C[C@H]3CO[C@H](C)CN3C2)cc1. The second kappa shape index (κ2) is 7.02. The van der Waals surface area contributed by atoms with Gasteiger partial charge in [0.2, 0.25) is 0 Å². The normalized spacial score (nSPS) is 27.9. The number of nitrogens with one attached hydrogen (secondary N) is 1. The lowest BCUT2D eigenvalue weighted by Crippen LogP contribution is -2.45. The minimum absolute atomic E-state index is 0.0416. The summed E-state index contributed by atoms with van der Waals surface area (Å²) in [5, 5.41) is 3.19. The fourth-order valence-electron chi connectivity index (χ4n) is 3.68. The summed E-state index contributed by atoms with van der Waals surface area (Å²) >= 11 is 0. The van der Waals surface area contributed by atoms with Crippen LogP contribution in [0.1, 0.15) is 43.1 Å². The second-order valence-electron chi connectivity index (χ2n) is 7.45. The summed E-state index contributed by atoms with van der Waals surface area (Å²) in [6.07, 6.45) is 2.35. The number of fused-ring (bicyclic) bond motifs is 1. The van der Waals surface area contributed by atoms with Gasteiger partial charge >= 0.3 is 0 Å². The summed E-state index contributed by atoms with van der Waals surface area (Å²) in [5.41, 5.74) is 2.05. The molecule has 2 aliphatic heterocycles. The minimum Gasteiger partial charge on any atom is -0.376 e. The molecule has 23 heavy (non-hydrogen) atoms. The molecule has 0 radical (unpaired) electrons. The van der Waals surface area contributed by atoms with Crippen LogP contribution in [0.25, 0.3) is 0 Å². The summed E-state index contributed by atoms with van der Waals surface area (Å²) in [4.78, 5) is 14.9. The van der Waals surface area contributed by atoms with Crippen LogP contribution in [-0.4, -0.2) is 48.7 Å². The summed E-state index contributed by atoms with van der Waals surface area (Å²) in [7, 11) is 0. The van der Waals surface area contributed by atoms with Crippen LogP contribution in [0.5, 0.6) is 0 Å². The topological polar surface area (TPSA) is 41.6 Å². The largest absolute Gasteiger partial charge is 0.376 e. The van der Waals surface area contributed by atoms with Gasteiger partial charge in [-0.15, -0.1) is 0 Å². The number of rotatable bonds is 4. The molecule has 2 heterocycles. The molecule has 3 rings (SSSR count). The molecule has 4 heteroatoms. The molecule has 126 valence electrons. The van der Waals surface area contributed by atoms with Gasteiger partial charge in [0, 0.05) is 30.7 Å². The number of carbonyl (C=O) groups excluding carboxylic acids is 1. The Morgan fingerprint density at radius 3 is 2.74 bits per heavy atom. The lowest BCUT2D eigenvalue weighted by Gasteiger charge is -2.33. The number of hydrogen-bond donors (Lipinski definition) is 1. The molecule has 0 spiro atoms. The monoisotopic (exact) mass is 316 g/mol. The van der Waals surface area contributed by atoms with Crippen molar-refractivity contribution in [3.05, 3.63) is 35.4 Å². The number of hydrogen-bond acceptors (Lipinski definition) is 3. The van der Waals surface area contributed by atoms with Crippen LogP contribution in [-0.2, 0) is 11.2 Å². The highest BCUT2D eigenvalue weighted by Crippen LogP contribution is 2.23. The number of benzene rings is 1. The van der Waals surface area contributed by atoms with E-state index in [0.717, 1.165) is 38.1 Å². The summed E-state index contributed by atoms with van der Waals surface area (Å²) in [6.45, 7) is 9.23. The van der Waals surface area contributed by atoms with Crippen molar-refractivity contribution in [3.63, 3.8) is 0 Å². The van der Waals surface area contributed by atoms with Crippen molar-refractivity contribution in [1.29, 1.82) is 0 Å². The van der Waals surface area contributed by atoms with E-state index in [2.05, 4.69) is 43.1 Å². The number of nitrogens with zero attached hydrogens (tertiary/aromatic N) is 1. The molecule has 0 bridgehead atoms. The summed E-state index contributed by atoms with van der Waals surface area (Å²) < 4.78 is 5.72. The molecule has 1 amide bonds. The highest BCUT2D eigenvalue weighted by Gasteiger charge is 2.36. The van der Waals surface area contributed by atoms with Gasteiger partial charge < -0.3 is 10.1 Å². The van der Waals surface area contributed by atoms with Crippen LogP contribution < -0.4 is 5.32 Å². The number of amides is 1. The Balaban J connectivity index is 1.55. The van der Waals surface area contributed by atoms with Crippen LogP contribution in [0, 0.1) is 5.92 Å². The van der Waals surface area contributed by atoms with Gasteiger partial charge in [0.15, 0.2) is 0 Å². The molecule has 2 saturated heterocycles. The first kappa shape index (κ1) is 16.5. The van der Waals surface area contributed by atoms with Gasteiger partial charge in [-0.2, -0.15) is 0 Å². The number of carbonyl (C=O) groups is 1. The van der Waals surface area contributed by atoms with E-state index in [1.165, 1.54) is 5.56 Å². The van der Waals surface area contributed by atoms with Gasteiger partial charge in [-0.05, 0) is 43.4 Å². The van der Waals surface area contributed by atoms with Gasteiger partial charge in [0.25, 0.3) is 5.91 Å². The Kier molecular flexibility index (Phi) is 5.02. The van der Waals surface area contributed by atoms with Gasteiger partial charge in [-0.25, -0.2) is 0 Å². The first-order chi connectivity index (χ1) is 11.0. The summed E-state index contributed by atoms with van der Waals surface area (Å²) in [6, 6.07) is 8.73. The van der Waals surface area contributed by atoms with Crippen LogP contribution in [0.3, 0.4) is 0 Å². The fraction of sp³-hybridized carbons (Fsp3) is 0.632. The van der Waals surface area contributed by atoms with E-state index in [4.69, 9.17) is 4.74 Å². The lowest BCUT2D eigenvalue weighted by atomic mass is 10.0. The van der Waals surface area contributed by atoms with Gasteiger partial charge in [0.1, 0.15) is 0 Å². The molecule has 2 aliphatic rings. The Labute approximate surface area is 139 Å². The third-order valence-corrected chi connectivity index (χ3v) is 4.79. The maximum absolute atomic E-state index is 12.4. The highest BCUT2D eigenvalue weighted by atomic mass is 16.5. The van der Waals surface area contributed by atoms with Crippen LogP contribution in [0.4, 0.5) is 0 Å². The van der Waals surface area contributed by atoms with Crippen molar-refractivity contribution in [2.24, 2.45) is 5.92 Å². The zero-order valence-electron chi connectivity index (χ0n) is 14.4. The molecule has 1 N–H and O–H groups in total. The van der Waals surface area contributed by atoms with Gasteiger partial charge in [-0.3, -0.25) is 9.69 Å². The molecular formula is C19H28N2O2. The molecule has 0 saturated carbocycles. The predicted molar refractivity (Wildman–Crippen MR) is 91.6 cm³/mol. The molecule has 0 aliphatic carbocycles. The average Bonchev–Trinajstić information content (AvgIpc) is 2.88. The van der Waals surface area contributed by atoms with E-state index in [1.807, 2.05) is 12.1 Å². The first-order valence-corrected chi connectivity index (χ1v) is 8.76. The molecule has 1 aromatic carbocycles. The quantitative estimate of drug-likeness (QED) is 0.928. The molecule has 0 aromatic heterocycles. The fourth-order valence-corrected chi connectivity index (χ4v) is 3.68.